The summed E-state index contributed by atoms with van der Waals surface area (Å²) in [6, 6.07) is -0.238. The number of aliphatic hydroxyl groups is 3. The highest BCUT2D eigenvalue weighted by Crippen LogP contribution is 2.29. The third kappa shape index (κ3) is 28.2. The molecule has 0 unspecified atom stereocenters. The Morgan fingerprint density at radius 3 is 1.68 bits per heavy atom. The Morgan fingerprint density at radius 2 is 1.08 bits per heavy atom. The van der Waals surface area contributed by atoms with Crippen LogP contribution in [-0.4, -0.2) is 317 Å². The lowest BCUT2D eigenvalue weighted by Gasteiger charge is -2.36. The van der Waals surface area contributed by atoms with Crippen molar-refractivity contribution in [1.82, 2.24) is 87.0 Å². The van der Waals surface area contributed by atoms with Gasteiger partial charge in [-0.1, -0.05) is 88.1 Å². The Kier molecular flexibility index (Phi) is 38.4. The average Bonchev–Trinajstić information content (AvgIpc) is 1.70. The molecule has 6 aromatic rings. The molecule has 3 aliphatic rings. The Morgan fingerprint density at radius 1 is 0.526 bits per heavy atom. The minimum atomic E-state index is -1.83. The number of H-pyrrole nitrogens is 3. The second kappa shape index (κ2) is 49.4. The van der Waals surface area contributed by atoms with E-state index in [1.807, 2.05) is 13.8 Å². The molecule has 43 heteroatoms. The van der Waals surface area contributed by atoms with E-state index in [4.69, 9.17) is 21.9 Å². The third-order valence-corrected chi connectivity index (χ3v) is 25.3. The number of rotatable bonds is 26. The van der Waals surface area contributed by atoms with Gasteiger partial charge in [0.05, 0.1) is 68.6 Å². The highest BCUT2D eigenvalue weighted by molar-refractivity contribution is 8.00. The van der Waals surface area contributed by atoms with E-state index >= 15 is 33.6 Å². The number of primary amides is 3. The fraction of sp³-hybridized carbons (Fsp3) is 0.522. The van der Waals surface area contributed by atoms with Crippen molar-refractivity contribution in [3.63, 3.8) is 0 Å². The van der Waals surface area contributed by atoms with E-state index in [1.165, 1.54) is 47.7 Å². The average molecular weight is 1870 g/mol. The van der Waals surface area contributed by atoms with Crippen LogP contribution in [0.3, 0.4) is 0 Å². The van der Waals surface area contributed by atoms with Gasteiger partial charge in [0.2, 0.25) is 94.5 Å². The molecule has 42 nitrogen and oxygen atoms in total. The van der Waals surface area contributed by atoms with Gasteiger partial charge in [0, 0.05) is 138 Å². The molecule has 3 aliphatic heterocycles. The Bertz CT molecular complexity index is 5160. The molecular weight excluding hydrogens is 1750 g/mol. The maximum Gasteiger partial charge on any atom is 0.246 e. The van der Waals surface area contributed by atoms with Crippen molar-refractivity contribution in [3.05, 3.63) is 120 Å². The molecule has 133 heavy (non-hydrogen) atoms. The van der Waals surface area contributed by atoms with Crippen molar-refractivity contribution in [3.8, 4) is 5.75 Å². The smallest absolute Gasteiger partial charge is 0.246 e. The highest BCUT2D eigenvalue weighted by Gasteiger charge is 2.47. The molecule has 0 aliphatic carbocycles. The molecule has 0 spiro atoms. The Hall–Kier alpha value is -13.2. The number of carbonyl (C=O) groups excluding carboxylic acids is 18. The van der Waals surface area contributed by atoms with Crippen molar-refractivity contribution in [1.29, 1.82) is 0 Å². The van der Waals surface area contributed by atoms with Crippen molar-refractivity contribution < 1.29 is 106 Å². The van der Waals surface area contributed by atoms with Gasteiger partial charge in [-0.3, -0.25) is 86.3 Å². The highest BCUT2D eigenvalue weighted by atomic mass is 32.2. The molecule has 0 bridgehead atoms. The van der Waals surface area contributed by atoms with Crippen LogP contribution in [0.15, 0.2) is 97.7 Å². The second-order valence-electron chi connectivity index (χ2n) is 33.8. The van der Waals surface area contributed by atoms with E-state index in [0.717, 1.165) is 36.3 Å². The number of hydrogen-bond donors (Lipinski definition) is 17. The number of imidazole rings is 1. The first-order chi connectivity index (χ1) is 63.5. The van der Waals surface area contributed by atoms with Gasteiger partial charge in [0.25, 0.3) is 0 Å². The van der Waals surface area contributed by atoms with Gasteiger partial charge in [-0.15, -0.1) is 11.8 Å². The number of methoxy groups -OCH3 is 1. The number of para-hydroxylation sites is 2. The molecule has 3 aromatic heterocycles. The van der Waals surface area contributed by atoms with Gasteiger partial charge >= 0.3 is 0 Å². The molecule has 720 valence electrons. The number of carbonyl (C=O) groups is 18. The molecular formula is C90H122N20O22S. The summed E-state index contributed by atoms with van der Waals surface area (Å²) in [6.07, 6.45) is 0.708. The monoisotopic (exact) mass is 1870 g/mol. The minimum absolute atomic E-state index is 0.0141. The lowest BCUT2D eigenvalue weighted by Crippen LogP contribution is -2.60. The predicted octanol–water partition coefficient (Wildman–Crippen LogP) is -2.35. The van der Waals surface area contributed by atoms with Crippen LogP contribution in [0.5, 0.6) is 5.75 Å². The number of nitrogens with two attached hydrogens (primary N) is 3. The number of benzene rings is 3. The third-order valence-electron chi connectivity index (χ3n) is 24.3. The van der Waals surface area contributed by atoms with E-state index in [9.17, 15) is 68.1 Å². The van der Waals surface area contributed by atoms with E-state index < -0.39 is 279 Å². The van der Waals surface area contributed by atoms with Crippen LogP contribution in [0.25, 0.3) is 21.8 Å². The maximum atomic E-state index is 15.7. The predicted molar refractivity (Wildman–Crippen MR) is 484 cm³/mol. The van der Waals surface area contributed by atoms with Crippen LogP contribution in [-0.2, 0) is 112 Å². The number of nitrogens with zero attached hydrogens (tertiary/aromatic N) is 6. The first kappa shape index (κ1) is 104. The van der Waals surface area contributed by atoms with Crippen LogP contribution in [0.1, 0.15) is 139 Å². The zero-order valence-electron chi connectivity index (χ0n) is 75.5. The van der Waals surface area contributed by atoms with Crippen molar-refractivity contribution in [2.24, 2.45) is 23.1 Å². The van der Waals surface area contributed by atoms with E-state index in [-0.39, 0.29) is 57.2 Å². The van der Waals surface area contributed by atoms with Gasteiger partial charge in [-0.2, -0.15) is 0 Å². The topological polar surface area (TPSA) is 628 Å². The second-order valence-corrected chi connectivity index (χ2v) is 34.8. The summed E-state index contributed by atoms with van der Waals surface area (Å²) in [6.45, 7) is 2.11. The Labute approximate surface area is 771 Å². The quantitative estimate of drug-likeness (QED) is 0.0270. The van der Waals surface area contributed by atoms with Crippen LogP contribution in [0.4, 0.5) is 0 Å². The number of ether oxygens (including phenoxy) is 1. The SMILES string of the molecule is CCCC[C@H]1C(=O)N(C)[C@@H](CCCC)C(=O)N[C@@H](CO)C(=O)N[C@H](C(=O)CCC(N)=O)CSCC(=O)N[C@@H](Cc2ccc(OC)cc2)C(=O)N(C)[C@@H](C)C(=O)N[C@@H](CC(N)=O)C(=O)N2CCC[C@H]2C(=O)N[C@@H](Cc2c[nH]cn2)C(=O)N[C@@H](CCC(N)=O)C(=O)N2C[C@H](O)C[C@H]2C(=O)N[C@@H](Cc2c[nH]c3ccccc23)C(=O)C[C@@H](CO)C(=O)N[C@@H](Cc2c[nH]c3ccccc23)C(=O)N1C. The normalized spacial score (nSPS) is 25.0. The molecule has 3 fully saturated rings. The number of likely N-dealkylation sites (N-methyl/N-ethyl adjacent to an activating group) is 3. The number of Topliss-reactive ketones (excluding diaryl/α,β-unsaturated/α-hetero) is 2. The summed E-state index contributed by atoms with van der Waals surface area (Å²) in [5, 5.41) is 55.8. The van der Waals surface area contributed by atoms with Gasteiger partial charge in [-0.05, 0) is 80.0 Å². The van der Waals surface area contributed by atoms with Crippen molar-refractivity contribution in [2.75, 3.05) is 66.1 Å². The number of thioether (sulfide) groups is 1. The van der Waals surface area contributed by atoms with Crippen LogP contribution >= 0.6 is 11.8 Å². The molecule has 6 heterocycles. The van der Waals surface area contributed by atoms with E-state index in [0.29, 0.717) is 69.9 Å². The number of amides is 16. The number of nitrogens with one attached hydrogen (secondary N) is 11. The lowest BCUT2D eigenvalue weighted by atomic mass is 9.93. The number of ketones is 2. The summed E-state index contributed by atoms with van der Waals surface area (Å²) in [4.78, 5) is 280. The minimum Gasteiger partial charge on any atom is -0.497 e. The number of hydrogen-bond acceptors (Lipinski definition) is 24. The van der Waals surface area contributed by atoms with Gasteiger partial charge in [-0.25, -0.2) is 4.98 Å². The number of aromatic nitrogens is 4. The summed E-state index contributed by atoms with van der Waals surface area (Å²) < 4.78 is 5.33. The first-order valence-corrected chi connectivity index (χ1v) is 45.5. The standard InChI is InChI=1S/C90H122N20O22S/c1-8-10-21-69-83(124)104-67(45-112)82(123)105-68(73(114)29-31-76(92)117)46-133-47-78(119)98-64(33-50-24-26-56(132-7)27-25-50)86(127)106(4)49(3)79(120)102-66(39-77(93)118)89(130)109-32-16-23-70(109)84(125)101-63(37-54-42-94-48-97-54)81(122)99-61(28-30-75(91)116)88(129)110-43-55(113)38-72(110)85(126)100-62(34-51-40-95-59-19-14-12-17-57(51)59)74(115)36-53(44-111)80(121)103-65(35-52-41-96-60-20-15-13-18-58(52)60)87(128)108(6)71(22-11-9-2)90(131)107(69)5/h12-15,17-20,24-27,40-42,48-49,53,55,61-72,95-96,111-113H,8-11,16,21-23,28-39,43-47H2,1-7H3,(H2,91,116)(H2,92,117)(H2,93,118)(H,94,97)(H,98,119)(H,99,122)(H,100,126)(H,101,125)(H,102,120)(H,103,121)(H,104,124)(H,105,123)/t49-,53-,55+,61-,62-,63-,64-,65-,66-,67-,68-,69-,70-,71-,72-/m0/s1. The van der Waals surface area contributed by atoms with E-state index in [1.54, 1.807) is 85.2 Å². The summed E-state index contributed by atoms with van der Waals surface area (Å²) in [5.74, 6) is -19.3. The zero-order valence-corrected chi connectivity index (χ0v) is 76.3. The molecule has 15 atom stereocenters. The number of fused-ring (bicyclic) bond motifs is 4. The zero-order chi connectivity index (χ0) is 97.0. The van der Waals surface area contributed by atoms with Gasteiger partial charge < -0.3 is 119 Å². The summed E-state index contributed by atoms with van der Waals surface area (Å²) in [5.41, 5.74) is 19.7. The van der Waals surface area contributed by atoms with Crippen molar-refractivity contribution in [2.45, 2.75) is 227 Å². The molecule has 20 N–H and O–H groups in total. The largest absolute Gasteiger partial charge is 0.497 e. The van der Waals surface area contributed by atoms with Crippen LogP contribution in [0, 0.1) is 5.92 Å². The fourth-order valence-corrected chi connectivity index (χ4v) is 17.4. The molecule has 3 aromatic carbocycles. The van der Waals surface area contributed by atoms with Crippen LogP contribution < -0.4 is 64.5 Å². The molecule has 0 radical (unpaired) electrons. The van der Waals surface area contributed by atoms with E-state index in [2.05, 4.69) is 62.5 Å². The fourth-order valence-electron chi connectivity index (χ4n) is 16.5. The number of aromatic amines is 3. The van der Waals surface area contributed by atoms with Crippen molar-refractivity contribution >= 4 is 140 Å². The molecule has 0 saturated carbocycles. The molecule has 16 amide bonds. The summed E-state index contributed by atoms with van der Waals surface area (Å²) >= 11 is 0.778. The lowest BCUT2D eigenvalue weighted by molar-refractivity contribution is -0.149. The number of unbranched alkanes of at least 4 members (excludes halogenated alkanes) is 2. The van der Waals surface area contributed by atoms with Gasteiger partial charge in [0.15, 0.2) is 11.6 Å². The van der Waals surface area contributed by atoms with Crippen LogP contribution in [0.2, 0.25) is 0 Å². The first-order valence-electron chi connectivity index (χ1n) is 44.4. The molecule has 3 saturated heterocycles. The maximum absolute atomic E-state index is 15.7. The molecule has 9 rings (SSSR count). The Balaban J connectivity index is 1.09. The summed E-state index contributed by atoms with van der Waals surface area (Å²) in [7, 11) is 5.29. The number of aliphatic hydroxyl groups excluding tert-OH is 3. The van der Waals surface area contributed by atoms with Gasteiger partial charge in [0.1, 0.15) is 72.2 Å².